The molecule has 3 aromatic carbocycles. The maximum Gasteiger partial charge on any atom is 0.264 e. The number of carbonyl (C=O) groups excluding carboxylic acids is 1. The highest BCUT2D eigenvalue weighted by atomic mass is 32.2. The van der Waals surface area contributed by atoms with E-state index in [0.717, 1.165) is 18.4 Å². The minimum Gasteiger partial charge on any atom is -0.493 e. The summed E-state index contributed by atoms with van der Waals surface area (Å²) >= 11 is 0. The zero-order chi connectivity index (χ0) is 21.8. The van der Waals surface area contributed by atoms with Gasteiger partial charge in [0.25, 0.3) is 15.9 Å². The maximum absolute atomic E-state index is 13.2. The number of aryl methyl sites for hydroxylation is 1. The number of nitrogens with zero attached hydrogens (tertiary/aromatic N) is 1. The first-order valence-corrected chi connectivity index (χ1v) is 11.7. The topological polar surface area (TPSA) is 75.7 Å². The highest BCUT2D eigenvalue weighted by Gasteiger charge is 2.29. The number of carbonyl (C=O) groups is 1. The molecule has 0 aliphatic carbocycles. The first-order valence-electron chi connectivity index (χ1n) is 10.2. The first-order chi connectivity index (χ1) is 15.0. The predicted octanol–water partition coefficient (Wildman–Crippen LogP) is 4.48. The number of nitrogens with one attached hydrogen (secondary N) is 1. The summed E-state index contributed by atoms with van der Waals surface area (Å²) in [5, 5.41) is 2.88. The first kappa shape index (κ1) is 20.9. The highest BCUT2D eigenvalue weighted by Crippen LogP contribution is 2.34. The van der Waals surface area contributed by atoms with Gasteiger partial charge in [0.1, 0.15) is 5.75 Å². The van der Waals surface area contributed by atoms with Gasteiger partial charge in [0.2, 0.25) is 0 Å². The molecule has 160 valence electrons. The van der Waals surface area contributed by atoms with Gasteiger partial charge in [-0.2, -0.15) is 0 Å². The van der Waals surface area contributed by atoms with Gasteiger partial charge in [0.05, 0.1) is 22.8 Å². The van der Waals surface area contributed by atoms with Gasteiger partial charge < -0.3 is 10.1 Å². The van der Waals surface area contributed by atoms with Crippen LogP contribution in [-0.2, 0) is 16.4 Å². The lowest BCUT2D eigenvalue weighted by atomic mass is 10.0. The van der Waals surface area contributed by atoms with Crippen LogP contribution in [0.15, 0.2) is 77.7 Å². The number of fused-ring (bicyclic) bond motifs is 1. The van der Waals surface area contributed by atoms with E-state index in [1.165, 1.54) is 4.31 Å². The Morgan fingerprint density at radius 2 is 1.77 bits per heavy atom. The van der Waals surface area contributed by atoms with Crippen molar-refractivity contribution >= 4 is 27.3 Å². The summed E-state index contributed by atoms with van der Waals surface area (Å²) in [5.74, 6) is 0.200. The van der Waals surface area contributed by atoms with Crippen LogP contribution in [0.5, 0.6) is 5.75 Å². The number of hydrogen-bond acceptors (Lipinski definition) is 4. The van der Waals surface area contributed by atoms with Crippen LogP contribution in [0.4, 0.5) is 11.4 Å². The smallest absolute Gasteiger partial charge is 0.264 e. The fourth-order valence-electron chi connectivity index (χ4n) is 3.72. The average molecular weight is 437 g/mol. The van der Waals surface area contributed by atoms with E-state index < -0.39 is 10.0 Å². The fraction of sp³-hybridized carbons (Fsp3) is 0.208. The molecule has 1 N–H and O–H groups in total. The van der Waals surface area contributed by atoms with E-state index in [9.17, 15) is 13.2 Å². The van der Waals surface area contributed by atoms with E-state index >= 15 is 0 Å². The molecular weight excluding hydrogens is 412 g/mol. The molecule has 0 saturated heterocycles. The van der Waals surface area contributed by atoms with Crippen molar-refractivity contribution in [3.8, 4) is 5.75 Å². The highest BCUT2D eigenvalue weighted by molar-refractivity contribution is 7.92. The van der Waals surface area contributed by atoms with Crippen LogP contribution in [0.2, 0.25) is 0 Å². The molecule has 1 amide bonds. The van der Waals surface area contributed by atoms with Gasteiger partial charge in [-0.25, -0.2) is 8.42 Å². The van der Waals surface area contributed by atoms with Crippen LogP contribution in [0.25, 0.3) is 0 Å². The lowest BCUT2D eigenvalue weighted by Crippen LogP contribution is -2.35. The predicted molar refractivity (Wildman–Crippen MR) is 121 cm³/mol. The summed E-state index contributed by atoms with van der Waals surface area (Å²) in [5.41, 5.74) is 2.51. The maximum atomic E-state index is 13.2. The van der Waals surface area contributed by atoms with Gasteiger partial charge in [-0.1, -0.05) is 36.4 Å². The molecule has 0 radical (unpaired) electrons. The summed E-state index contributed by atoms with van der Waals surface area (Å²) in [6.45, 7) is 2.71. The second-order valence-electron chi connectivity index (χ2n) is 7.22. The van der Waals surface area contributed by atoms with Crippen LogP contribution < -0.4 is 14.4 Å². The molecule has 4 rings (SSSR count). The van der Waals surface area contributed by atoms with Gasteiger partial charge in [-0.05, 0) is 61.7 Å². The van der Waals surface area contributed by atoms with Crippen molar-refractivity contribution in [1.29, 1.82) is 0 Å². The van der Waals surface area contributed by atoms with Crippen LogP contribution in [0.1, 0.15) is 29.3 Å². The molecule has 0 bridgehead atoms. The van der Waals surface area contributed by atoms with Crippen LogP contribution in [0, 0.1) is 0 Å². The third kappa shape index (κ3) is 4.27. The average Bonchev–Trinajstić information content (AvgIpc) is 2.79. The molecule has 31 heavy (non-hydrogen) atoms. The van der Waals surface area contributed by atoms with Gasteiger partial charge in [-0.15, -0.1) is 0 Å². The SMILES string of the molecule is CCOc1ccccc1C(=O)Nc1ccc2c(c1)N(S(=O)(=O)c1ccccc1)CCC2. The van der Waals surface area contributed by atoms with Crippen molar-refractivity contribution in [2.24, 2.45) is 0 Å². The minimum atomic E-state index is -3.69. The van der Waals surface area contributed by atoms with Crippen molar-refractivity contribution < 1.29 is 17.9 Å². The monoisotopic (exact) mass is 436 g/mol. The van der Waals surface area contributed by atoms with E-state index in [-0.39, 0.29) is 10.8 Å². The summed E-state index contributed by atoms with van der Waals surface area (Å²) in [7, 11) is -3.69. The lowest BCUT2D eigenvalue weighted by Gasteiger charge is -2.31. The molecule has 1 heterocycles. The number of benzene rings is 3. The summed E-state index contributed by atoms with van der Waals surface area (Å²) < 4.78 is 33.5. The van der Waals surface area contributed by atoms with Gasteiger partial charge in [0, 0.05) is 12.2 Å². The Morgan fingerprint density at radius 1 is 1.03 bits per heavy atom. The van der Waals surface area contributed by atoms with E-state index in [4.69, 9.17) is 4.74 Å². The largest absolute Gasteiger partial charge is 0.493 e. The van der Waals surface area contributed by atoms with Crippen molar-refractivity contribution in [1.82, 2.24) is 0 Å². The van der Waals surface area contributed by atoms with E-state index in [0.29, 0.717) is 35.8 Å². The van der Waals surface area contributed by atoms with Gasteiger partial charge in [0.15, 0.2) is 0 Å². The van der Waals surface area contributed by atoms with Crippen LogP contribution in [0.3, 0.4) is 0 Å². The Morgan fingerprint density at radius 3 is 2.55 bits per heavy atom. The normalized spacial score (nSPS) is 13.4. The van der Waals surface area contributed by atoms with Crippen molar-refractivity contribution in [3.63, 3.8) is 0 Å². The van der Waals surface area contributed by atoms with Crippen LogP contribution >= 0.6 is 0 Å². The molecule has 1 aliphatic rings. The quantitative estimate of drug-likeness (QED) is 0.618. The summed E-state index contributed by atoms with van der Waals surface area (Å²) in [4.78, 5) is 13.1. The molecule has 6 nitrogen and oxygen atoms in total. The molecule has 0 aromatic heterocycles. The fourth-order valence-corrected chi connectivity index (χ4v) is 5.28. The molecular formula is C24H24N2O4S. The van der Waals surface area contributed by atoms with Crippen molar-refractivity contribution in [2.75, 3.05) is 22.8 Å². The third-order valence-electron chi connectivity index (χ3n) is 5.18. The Labute approximate surface area is 182 Å². The number of amides is 1. The molecule has 0 unspecified atom stereocenters. The Balaban J connectivity index is 1.65. The molecule has 7 heteroatoms. The van der Waals surface area contributed by atoms with Gasteiger partial charge in [-0.3, -0.25) is 9.10 Å². The van der Waals surface area contributed by atoms with E-state index in [2.05, 4.69) is 5.32 Å². The molecule has 0 saturated carbocycles. The third-order valence-corrected chi connectivity index (χ3v) is 7.01. The minimum absolute atomic E-state index is 0.253. The number of hydrogen-bond donors (Lipinski definition) is 1. The summed E-state index contributed by atoms with van der Waals surface area (Å²) in [6, 6.07) is 20.9. The zero-order valence-electron chi connectivity index (χ0n) is 17.2. The standard InChI is InChI=1S/C24H24N2O4S/c1-2-30-23-13-7-6-12-21(23)24(27)25-19-15-14-18-9-8-16-26(22(18)17-19)31(28,29)20-10-4-3-5-11-20/h3-7,10-15,17H,2,8-9,16H2,1H3,(H,25,27). The molecule has 3 aromatic rings. The van der Waals surface area contributed by atoms with Crippen LogP contribution in [-0.4, -0.2) is 27.5 Å². The Hall–Kier alpha value is -3.32. The number of para-hydroxylation sites is 1. The molecule has 0 fully saturated rings. The lowest BCUT2D eigenvalue weighted by molar-refractivity contribution is 0.102. The van der Waals surface area contributed by atoms with E-state index in [1.807, 2.05) is 19.1 Å². The number of sulfonamides is 1. The van der Waals surface area contributed by atoms with Gasteiger partial charge >= 0.3 is 0 Å². The Bertz CT molecular complexity index is 1190. The second kappa shape index (κ2) is 8.81. The van der Waals surface area contributed by atoms with Crippen molar-refractivity contribution in [3.05, 3.63) is 83.9 Å². The number of rotatable bonds is 6. The van der Waals surface area contributed by atoms with E-state index in [1.54, 1.807) is 60.7 Å². The number of ether oxygens (including phenoxy) is 1. The zero-order valence-corrected chi connectivity index (χ0v) is 18.1. The molecule has 1 aliphatic heterocycles. The Kier molecular flexibility index (Phi) is 5.95. The summed E-state index contributed by atoms with van der Waals surface area (Å²) in [6.07, 6.45) is 1.53. The molecule has 0 atom stereocenters. The van der Waals surface area contributed by atoms with Crippen molar-refractivity contribution in [2.45, 2.75) is 24.7 Å². The molecule has 0 spiro atoms. The second-order valence-corrected chi connectivity index (χ2v) is 9.08. The number of anilines is 2.